The topological polar surface area (TPSA) is 95.6 Å². The molecule has 2 aromatic rings. The van der Waals surface area contributed by atoms with Gasteiger partial charge in [-0.2, -0.15) is 4.98 Å². The lowest BCUT2D eigenvalue weighted by atomic mass is 9.89. The fraction of sp³-hybridized carbons (Fsp3) is 0.529. The molecule has 3 rings (SSSR count). The maximum Gasteiger partial charge on any atom is 0.257 e. The van der Waals surface area contributed by atoms with E-state index in [1.54, 1.807) is 24.2 Å². The summed E-state index contributed by atoms with van der Waals surface area (Å²) >= 11 is 0. The Morgan fingerprint density at radius 2 is 2.28 bits per heavy atom. The van der Waals surface area contributed by atoms with Crippen LogP contribution in [-0.4, -0.2) is 63.8 Å². The molecule has 0 bridgehead atoms. The Bertz CT molecular complexity index is 760. The minimum absolute atomic E-state index is 0.128. The van der Waals surface area contributed by atoms with E-state index in [1.807, 2.05) is 25.1 Å². The summed E-state index contributed by atoms with van der Waals surface area (Å²) in [6, 6.07) is 1.81. The van der Waals surface area contributed by atoms with Crippen molar-refractivity contribution in [1.29, 1.82) is 0 Å². The van der Waals surface area contributed by atoms with E-state index in [4.69, 9.17) is 4.52 Å². The number of likely N-dealkylation sites (tertiary alicyclic amines) is 1. The van der Waals surface area contributed by atoms with E-state index in [2.05, 4.69) is 15.1 Å². The molecule has 1 amide bonds. The Hall–Kier alpha value is -2.48. The molecular weight excluding hydrogens is 322 g/mol. The van der Waals surface area contributed by atoms with Gasteiger partial charge in [-0.05, 0) is 25.8 Å². The quantitative estimate of drug-likeness (QED) is 0.885. The number of carbonyl (C=O) groups excluding carboxylic acids is 1. The number of hydrogen-bond donors (Lipinski definition) is 1. The van der Waals surface area contributed by atoms with Crippen molar-refractivity contribution in [2.24, 2.45) is 0 Å². The van der Waals surface area contributed by atoms with Gasteiger partial charge >= 0.3 is 0 Å². The molecule has 1 saturated heterocycles. The van der Waals surface area contributed by atoms with E-state index in [0.29, 0.717) is 36.7 Å². The van der Waals surface area contributed by atoms with Crippen LogP contribution in [0.1, 0.15) is 34.9 Å². The van der Waals surface area contributed by atoms with Crippen LogP contribution in [0.15, 0.2) is 23.0 Å². The molecular formula is C17H23N5O3. The van der Waals surface area contributed by atoms with Gasteiger partial charge in [0.05, 0.1) is 29.8 Å². The fourth-order valence-corrected chi connectivity index (χ4v) is 3.24. The average molecular weight is 345 g/mol. The lowest BCUT2D eigenvalue weighted by Crippen LogP contribution is -2.51. The van der Waals surface area contributed by atoms with E-state index in [0.717, 1.165) is 5.69 Å². The SMILES string of the molecule is Cc1noc(CC2(O)CCCN(C(=O)c3cnccc3N(C)C)C2)n1. The number of hydrogen-bond acceptors (Lipinski definition) is 7. The van der Waals surface area contributed by atoms with Crippen molar-refractivity contribution in [2.45, 2.75) is 31.8 Å². The normalized spacial score (nSPS) is 20.6. The molecule has 0 saturated carbocycles. The molecule has 3 heterocycles. The molecule has 1 unspecified atom stereocenters. The summed E-state index contributed by atoms with van der Waals surface area (Å²) in [5.41, 5.74) is 0.278. The summed E-state index contributed by atoms with van der Waals surface area (Å²) in [4.78, 5) is 24.8. The smallest absolute Gasteiger partial charge is 0.257 e. The van der Waals surface area contributed by atoms with Gasteiger partial charge in [0, 0.05) is 33.0 Å². The van der Waals surface area contributed by atoms with E-state index in [9.17, 15) is 9.90 Å². The number of nitrogens with zero attached hydrogens (tertiary/aromatic N) is 5. The van der Waals surface area contributed by atoms with Crippen LogP contribution in [0, 0.1) is 6.92 Å². The monoisotopic (exact) mass is 345 g/mol. The molecule has 2 aromatic heterocycles. The van der Waals surface area contributed by atoms with Crippen molar-refractivity contribution >= 4 is 11.6 Å². The van der Waals surface area contributed by atoms with Crippen molar-refractivity contribution in [3.63, 3.8) is 0 Å². The summed E-state index contributed by atoms with van der Waals surface area (Å²) in [6.45, 7) is 2.57. The Morgan fingerprint density at radius 3 is 2.96 bits per heavy atom. The van der Waals surface area contributed by atoms with Gasteiger partial charge in [-0.15, -0.1) is 0 Å². The predicted octanol–water partition coefficient (Wildman–Crippen LogP) is 1.05. The Balaban J connectivity index is 1.78. The van der Waals surface area contributed by atoms with E-state index < -0.39 is 5.60 Å². The first-order valence-corrected chi connectivity index (χ1v) is 8.30. The Morgan fingerprint density at radius 1 is 1.48 bits per heavy atom. The average Bonchev–Trinajstić information content (AvgIpc) is 2.98. The molecule has 134 valence electrons. The number of carbonyl (C=O) groups is 1. The minimum atomic E-state index is -1.06. The van der Waals surface area contributed by atoms with Gasteiger partial charge in [0.1, 0.15) is 0 Å². The highest BCUT2D eigenvalue weighted by molar-refractivity contribution is 5.99. The summed E-state index contributed by atoms with van der Waals surface area (Å²) < 4.78 is 5.12. The minimum Gasteiger partial charge on any atom is -0.388 e. The van der Waals surface area contributed by atoms with Gasteiger partial charge in [0.25, 0.3) is 5.91 Å². The molecule has 0 aromatic carbocycles. The second-order valence-corrected chi connectivity index (χ2v) is 6.75. The second kappa shape index (κ2) is 6.79. The highest BCUT2D eigenvalue weighted by atomic mass is 16.5. The molecule has 8 heteroatoms. The van der Waals surface area contributed by atoms with Crippen LogP contribution in [-0.2, 0) is 6.42 Å². The van der Waals surface area contributed by atoms with Gasteiger partial charge in [0.2, 0.25) is 5.89 Å². The number of β-amino-alcohol motifs (C(OH)–C–C–N with tert-alkyl or cyclic N) is 1. The molecule has 0 spiro atoms. The van der Waals surface area contributed by atoms with Crippen molar-refractivity contribution in [3.05, 3.63) is 35.7 Å². The maximum absolute atomic E-state index is 13.0. The zero-order valence-electron chi connectivity index (χ0n) is 14.8. The zero-order valence-corrected chi connectivity index (χ0v) is 14.8. The first-order chi connectivity index (χ1) is 11.9. The fourth-order valence-electron chi connectivity index (χ4n) is 3.24. The Kier molecular flexibility index (Phi) is 4.71. The van der Waals surface area contributed by atoms with Crippen molar-refractivity contribution < 1.29 is 14.4 Å². The van der Waals surface area contributed by atoms with Crippen molar-refractivity contribution in [1.82, 2.24) is 20.0 Å². The van der Waals surface area contributed by atoms with Crippen molar-refractivity contribution in [3.8, 4) is 0 Å². The van der Waals surface area contributed by atoms with Crippen LogP contribution >= 0.6 is 0 Å². The molecule has 8 nitrogen and oxygen atoms in total. The van der Waals surface area contributed by atoms with E-state index >= 15 is 0 Å². The van der Waals surface area contributed by atoms with Gasteiger partial charge in [0.15, 0.2) is 5.82 Å². The van der Waals surface area contributed by atoms with Gasteiger partial charge in [-0.1, -0.05) is 5.16 Å². The number of pyridine rings is 1. The molecule has 1 aliphatic heterocycles. The van der Waals surface area contributed by atoms with Crippen molar-refractivity contribution in [2.75, 3.05) is 32.1 Å². The third-order valence-electron chi connectivity index (χ3n) is 4.40. The van der Waals surface area contributed by atoms with Gasteiger partial charge in [-0.25, -0.2) is 0 Å². The number of aryl methyl sites for hydroxylation is 1. The zero-order chi connectivity index (χ0) is 18.0. The number of amides is 1. The summed E-state index contributed by atoms with van der Waals surface area (Å²) in [6.07, 6.45) is 4.78. The molecule has 1 aliphatic rings. The lowest BCUT2D eigenvalue weighted by Gasteiger charge is -2.38. The second-order valence-electron chi connectivity index (χ2n) is 6.75. The highest BCUT2D eigenvalue weighted by Crippen LogP contribution is 2.27. The van der Waals surface area contributed by atoms with Gasteiger partial charge < -0.3 is 19.4 Å². The third-order valence-corrected chi connectivity index (χ3v) is 4.40. The standard InChI is InChI=1S/C17H23N5O3/c1-12-19-15(25-20-12)9-17(24)6-4-8-22(11-17)16(23)13-10-18-7-5-14(13)21(2)3/h5,7,10,24H,4,6,8-9,11H2,1-3H3. The number of rotatable bonds is 4. The number of aliphatic hydroxyl groups is 1. The van der Waals surface area contributed by atoms with E-state index in [-0.39, 0.29) is 18.9 Å². The molecule has 1 atom stereocenters. The largest absolute Gasteiger partial charge is 0.388 e. The van der Waals surface area contributed by atoms with Crippen LogP contribution in [0.2, 0.25) is 0 Å². The first kappa shape index (κ1) is 17.3. The predicted molar refractivity (Wildman–Crippen MR) is 91.4 cm³/mol. The van der Waals surface area contributed by atoms with Crippen LogP contribution in [0.3, 0.4) is 0 Å². The summed E-state index contributed by atoms with van der Waals surface area (Å²) in [7, 11) is 3.77. The van der Waals surface area contributed by atoms with E-state index in [1.165, 1.54) is 0 Å². The first-order valence-electron chi connectivity index (χ1n) is 8.30. The summed E-state index contributed by atoms with van der Waals surface area (Å²) in [5, 5.41) is 14.7. The van der Waals surface area contributed by atoms with Crippen LogP contribution < -0.4 is 4.90 Å². The third kappa shape index (κ3) is 3.79. The number of piperidine rings is 1. The highest BCUT2D eigenvalue weighted by Gasteiger charge is 2.37. The lowest BCUT2D eigenvalue weighted by molar-refractivity contribution is -0.0286. The number of aromatic nitrogens is 3. The van der Waals surface area contributed by atoms with Crippen LogP contribution in [0.25, 0.3) is 0 Å². The van der Waals surface area contributed by atoms with Crippen LogP contribution in [0.4, 0.5) is 5.69 Å². The molecule has 25 heavy (non-hydrogen) atoms. The van der Waals surface area contributed by atoms with Gasteiger partial charge in [-0.3, -0.25) is 9.78 Å². The van der Waals surface area contributed by atoms with Crippen LogP contribution in [0.5, 0.6) is 0 Å². The summed E-state index contributed by atoms with van der Waals surface area (Å²) in [5.74, 6) is 0.801. The molecule has 1 N–H and O–H groups in total. The molecule has 0 radical (unpaired) electrons. The molecule has 1 fully saturated rings. The molecule has 0 aliphatic carbocycles. The Labute approximate surface area is 146 Å². The maximum atomic E-state index is 13.0. The number of anilines is 1.